The molecule has 0 aliphatic carbocycles. The normalized spacial score (nSPS) is 19.1. The fourth-order valence-corrected chi connectivity index (χ4v) is 3.53. The fourth-order valence-electron chi connectivity index (χ4n) is 3.53. The first-order valence-electron chi connectivity index (χ1n) is 8.63. The molecule has 0 saturated carbocycles. The summed E-state index contributed by atoms with van der Waals surface area (Å²) in [5.74, 6) is 0.782. The molecule has 0 spiro atoms. The van der Waals surface area contributed by atoms with Crippen LogP contribution in [0.1, 0.15) is 10.4 Å². The van der Waals surface area contributed by atoms with Gasteiger partial charge in [-0.1, -0.05) is 30.3 Å². The van der Waals surface area contributed by atoms with Crippen LogP contribution in [0.15, 0.2) is 48.5 Å². The third-order valence-corrected chi connectivity index (χ3v) is 4.95. The van der Waals surface area contributed by atoms with E-state index < -0.39 is 0 Å². The molecule has 1 atom stereocenters. The first-order valence-corrected chi connectivity index (χ1v) is 8.63. The maximum Gasteiger partial charge on any atom is 0.410 e. The molecule has 0 radical (unpaired) electrons. The number of methoxy groups -OCH3 is 1. The topological polar surface area (TPSA) is 59.1 Å². The molecule has 2 aromatic carbocycles. The van der Waals surface area contributed by atoms with Crippen molar-refractivity contribution in [2.75, 3.05) is 33.4 Å². The van der Waals surface area contributed by atoms with Crippen LogP contribution in [-0.2, 0) is 4.74 Å². The number of hydrogen-bond donors (Lipinski definition) is 0. The van der Waals surface area contributed by atoms with Gasteiger partial charge in [0.1, 0.15) is 12.4 Å². The number of benzene rings is 2. The lowest BCUT2D eigenvalue weighted by molar-refractivity contribution is 0.0617. The van der Waals surface area contributed by atoms with Crippen molar-refractivity contribution in [3.05, 3.63) is 54.1 Å². The molecule has 6 heteroatoms. The molecule has 0 unspecified atom stereocenters. The van der Waals surface area contributed by atoms with Gasteiger partial charge in [0.25, 0.3) is 5.91 Å². The molecule has 134 valence electrons. The summed E-state index contributed by atoms with van der Waals surface area (Å²) >= 11 is 0. The minimum Gasteiger partial charge on any atom is -0.496 e. The van der Waals surface area contributed by atoms with Crippen LogP contribution in [-0.4, -0.2) is 61.2 Å². The van der Waals surface area contributed by atoms with Gasteiger partial charge < -0.3 is 14.4 Å². The number of hydrogen-bond acceptors (Lipinski definition) is 4. The van der Waals surface area contributed by atoms with E-state index in [1.165, 1.54) is 0 Å². The number of amides is 2. The molecule has 4 rings (SSSR count). The third-order valence-electron chi connectivity index (χ3n) is 4.95. The Bertz CT molecular complexity index is 834. The number of cyclic esters (lactones) is 1. The molecule has 2 aliphatic heterocycles. The van der Waals surface area contributed by atoms with Gasteiger partial charge in [0.05, 0.1) is 13.2 Å². The van der Waals surface area contributed by atoms with Gasteiger partial charge in [-0.25, -0.2) is 4.79 Å². The molecule has 2 aromatic rings. The Morgan fingerprint density at radius 2 is 1.88 bits per heavy atom. The van der Waals surface area contributed by atoms with Crippen molar-refractivity contribution in [1.29, 1.82) is 0 Å². The maximum atomic E-state index is 12.8. The van der Waals surface area contributed by atoms with E-state index in [1.807, 2.05) is 48.5 Å². The van der Waals surface area contributed by atoms with Crippen LogP contribution in [0.5, 0.6) is 5.75 Å². The van der Waals surface area contributed by atoms with Crippen molar-refractivity contribution >= 4 is 12.0 Å². The zero-order valence-electron chi connectivity index (χ0n) is 14.6. The third kappa shape index (κ3) is 2.87. The van der Waals surface area contributed by atoms with Crippen LogP contribution in [0.25, 0.3) is 11.1 Å². The SMILES string of the molecule is COc1ccccc1-c1ccc(C(=O)N2CCN3C(=O)OC[C@H]3C2)cc1. The van der Waals surface area contributed by atoms with Crippen LogP contribution < -0.4 is 4.74 Å². The number of fused-ring (bicyclic) bond motifs is 1. The Kier molecular flexibility index (Phi) is 4.24. The van der Waals surface area contributed by atoms with Crippen LogP contribution >= 0.6 is 0 Å². The zero-order valence-corrected chi connectivity index (χ0v) is 14.6. The zero-order chi connectivity index (χ0) is 18.1. The summed E-state index contributed by atoms with van der Waals surface area (Å²) in [4.78, 5) is 27.9. The second kappa shape index (κ2) is 6.71. The number of carbonyl (C=O) groups excluding carboxylic acids is 2. The van der Waals surface area contributed by atoms with Crippen molar-refractivity contribution in [2.24, 2.45) is 0 Å². The van der Waals surface area contributed by atoms with Crippen LogP contribution in [0.3, 0.4) is 0 Å². The molecular weight excluding hydrogens is 332 g/mol. The van der Waals surface area contributed by atoms with Gasteiger partial charge in [-0.15, -0.1) is 0 Å². The maximum absolute atomic E-state index is 12.8. The van der Waals surface area contributed by atoms with Gasteiger partial charge in [-0.3, -0.25) is 9.69 Å². The van der Waals surface area contributed by atoms with E-state index >= 15 is 0 Å². The van der Waals surface area contributed by atoms with Gasteiger partial charge in [0.15, 0.2) is 0 Å². The van der Waals surface area contributed by atoms with Crippen LogP contribution in [0, 0.1) is 0 Å². The summed E-state index contributed by atoms with van der Waals surface area (Å²) < 4.78 is 10.5. The van der Waals surface area contributed by atoms with Crippen molar-refractivity contribution in [3.63, 3.8) is 0 Å². The second-order valence-electron chi connectivity index (χ2n) is 6.45. The molecule has 0 bridgehead atoms. The highest BCUT2D eigenvalue weighted by molar-refractivity contribution is 5.95. The molecule has 2 fully saturated rings. The minimum absolute atomic E-state index is 0.0180. The number of para-hydroxylation sites is 1. The Balaban J connectivity index is 1.50. The molecule has 2 saturated heterocycles. The highest BCUT2D eigenvalue weighted by Crippen LogP contribution is 2.30. The lowest BCUT2D eigenvalue weighted by Crippen LogP contribution is -2.53. The Morgan fingerprint density at radius 3 is 2.65 bits per heavy atom. The van der Waals surface area contributed by atoms with E-state index in [2.05, 4.69) is 0 Å². The lowest BCUT2D eigenvalue weighted by atomic mass is 10.0. The molecule has 0 N–H and O–H groups in total. The molecule has 26 heavy (non-hydrogen) atoms. The average Bonchev–Trinajstić information content (AvgIpc) is 3.08. The number of rotatable bonds is 3. The van der Waals surface area contributed by atoms with Gasteiger partial charge in [0.2, 0.25) is 0 Å². The molecule has 6 nitrogen and oxygen atoms in total. The van der Waals surface area contributed by atoms with E-state index in [9.17, 15) is 9.59 Å². The highest BCUT2D eigenvalue weighted by Gasteiger charge is 2.38. The van der Waals surface area contributed by atoms with E-state index in [1.54, 1.807) is 16.9 Å². The van der Waals surface area contributed by atoms with E-state index in [4.69, 9.17) is 9.47 Å². The summed E-state index contributed by atoms with van der Waals surface area (Å²) in [5, 5.41) is 0. The number of ether oxygens (including phenoxy) is 2. The fraction of sp³-hybridized carbons (Fsp3) is 0.300. The first kappa shape index (κ1) is 16.4. The van der Waals surface area contributed by atoms with Gasteiger partial charge >= 0.3 is 6.09 Å². The van der Waals surface area contributed by atoms with Crippen molar-refractivity contribution in [2.45, 2.75) is 6.04 Å². The standard InChI is InChI=1S/C20H20N2O4/c1-25-18-5-3-2-4-17(18)14-6-8-15(9-7-14)19(23)21-10-11-22-16(12-21)13-26-20(22)24/h2-9,16H,10-13H2,1H3/t16-/m1/s1. The summed E-state index contributed by atoms with van der Waals surface area (Å²) in [7, 11) is 1.65. The Labute approximate surface area is 151 Å². The summed E-state index contributed by atoms with van der Waals surface area (Å²) in [6.45, 7) is 1.92. The Hall–Kier alpha value is -3.02. The van der Waals surface area contributed by atoms with Crippen molar-refractivity contribution in [1.82, 2.24) is 9.80 Å². The molecule has 2 heterocycles. The monoisotopic (exact) mass is 352 g/mol. The predicted octanol–water partition coefficient (Wildman–Crippen LogP) is 2.64. The van der Waals surface area contributed by atoms with Crippen molar-refractivity contribution < 1.29 is 19.1 Å². The van der Waals surface area contributed by atoms with Crippen LogP contribution in [0.2, 0.25) is 0 Å². The van der Waals surface area contributed by atoms with E-state index in [0.29, 0.717) is 31.8 Å². The number of carbonyl (C=O) groups is 2. The quantitative estimate of drug-likeness (QED) is 0.852. The smallest absolute Gasteiger partial charge is 0.410 e. The molecule has 2 amide bonds. The number of piperazine rings is 1. The van der Waals surface area contributed by atoms with E-state index in [-0.39, 0.29) is 18.0 Å². The second-order valence-corrected chi connectivity index (χ2v) is 6.45. The van der Waals surface area contributed by atoms with Crippen molar-refractivity contribution in [3.8, 4) is 16.9 Å². The highest BCUT2D eigenvalue weighted by atomic mass is 16.6. The summed E-state index contributed by atoms with van der Waals surface area (Å²) in [5.41, 5.74) is 2.63. The first-order chi connectivity index (χ1) is 12.7. The lowest BCUT2D eigenvalue weighted by Gasteiger charge is -2.35. The van der Waals surface area contributed by atoms with Gasteiger partial charge in [0, 0.05) is 30.8 Å². The number of nitrogens with zero attached hydrogens (tertiary/aromatic N) is 2. The molecule has 2 aliphatic rings. The Morgan fingerprint density at radius 1 is 1.12 bits per heavy atom. The average molecular weight is 352 g/mol. The van der Waals surface area contributed by atoms with Crippen LogP contribution in [0.4, 0.5) is 4.79 Å². The van der Waals surface area contributed by atoms with E-state index in [0.717, 1.165) is 16.9 Å². The van der Waals surface area contributed by atoms with Gasteiger partial charge in [-0.05, 0) is 23.8 Å². The molecule has 0 aromatic heterocycles. The predicted molar refractivity (Wildman–Crippen MR) is 96.2 cm³/mol. The summed E-state index contributed by atoms with van der Waals surface area (Å²) in [6, 6.07) is 15.3. The minimum atomic E-state index is -0.275. The van der Waals surface area contributed by atoms with Gasteiger partial charge in [-0.2, -0.15) is 0 Å². The summed E-state index contributed by atoms with van der Waals surface area (Å²) in [6.07, 6.45) is -0.275. The molecular formula is C20H20N2O4. The largest absolute Gasteiger partial charge is 0.496 e.